The standard InChI is InChI=1S/C18H20N4O3S/c23-17-19-12-3-5-21(10-8-24-9-10)7-13(12)22(17)18-20-16-11-4-6-25-14(11)1-2-15(16)26-18/h1-2,10,12-13H,3-9H2,(H,19,23). The van der Waals surface area contributed by atoms with E-state index >= 15 is 0 Å². The Balaban J connectivity index is 1.36. The highest BCUT2D eigenvalue weighted by atomic mass is 32.1. The third-order valence-corrected chi connectivity index (χ3v) is 7.06. The lowest BCUT2D eigenvalue weighted by atomic mass is 9.98. The number of thiazole rings is 1. The van der Waals surface area contributed by atoms with Crippen LogP contribution in [0.15, 0.2) is 12.1 Å². The van der Waals surface area contributed by atoms with E-state index in [-0.39, 0.29) is 18.1 Å². The summed E-state index contributed by atoms with van der Waals surface area (Å²) in [5.74, 6) is 0.937. The average Bonchev–Trinajstić information content (AvgIpc) is 3.26. The molecule has 2 atom stereocenters. The van der Waals surface area contributed by atoms with Crippen LogP contribution in [-0.4, -0.2) is 67.0 Å². The van der Waals surface area contributed by atoms with E-state index in [2.05, 4.69) is 16.3 Å². The Labute approximate surface area is 154 Å². The normalized spacial score (nSPS) is 28.6. The molecule has 0 aliphatic carbocycles. The highest BCUT2D eigenvalue weighted by Gasteiger charge is 2.46. The first-order chi connectivity index (χ1) is 12.8. The Morgan fingerprint density at radius 1 is 1.31 bits per heavy atom. The molecule has 0 spiro atoms. The smallest absolute Gasteiger partial charge is 0.324 e. The Morgan fingerprint density at radius 3 is 3.08 bits per heavy atom. The SMILES string of the molecule is O=C1NC2CCN(C3COC3)CC2N1c1nc2c3c(ccc2s1)OCC3. The van der Waals surface area contributed by atoms with E-state index in [0.717, 1.165) is 60.2 Å². The van der Waals surface area contributed by atoms with E-state index < -0.39 is 0 Å². The van der Waals surface area contributed by atoms with Gasteiger partial charge in [-0.05, 0) is 18.6 Å². The topological polar surface area (TPSA) is 66.9 Å². The van der Waals surface area contributed by atoms with Crippen LogP contribution in [0.5, 0.6) is 5.75 Å². The zero-order chi connectivity index (χ0) is 17.3. The number of amides is 2. The molecule has 136 valence electrons. The Bertz CT molecular complexity index is 896. The van der Waals surface area contributed by atoms with E-state index in [1.165, 1.54) is 5.56 Å². The number of benzene rings is 1. The zero-order valence-corrected chi connectivity index (χ0v) is 15.1. The van der Waals surface area contributed by atoms with Crippen molar-refractivity contribution < 1.29 is 14.3 Å². The summed E-state index contributed by atoms with van der Waals surface area (Å²) in [4.78, 5) is 22.0. The van der Waals surface area contributed by atoms with Gasteiger partial charge in [0.1, 0.15) is 5.75 Å². The van der Waals surface area contributed by atoms with Gasteiger partial charge in [-0.2, -0.15) is 0 Å². The monoisotopic (exact) mass is 372 g/mol. The molecule has 4 aliphatic rings. The number of nitrogens with one attached hydrogen (secondary N) is 1. The number of carbonyl (C=O) groups is 1. The summed E-state index contributed by atoms with van der Waals surface area (Å²) in [6.07, 6.45) is 1.88. The number of ether oxygens (including phenoxy) is 2. The number of likely N-dealkylation sites (tertiary alicyclic amines) is 1. The van der Waals surface area contributed by atoms with E-state index in [1.807, 2.05) is 11.0 Å². The number of anilines is 1. The van der Waals surface area contributed by atoms with Crippen LogP contribution < -0.4 is 15.0 Å². The minimum atomic E-state index is -0.0151. The molecule has 5 heterocycles. The van der Waals surface area contributed by atoms with E-state index in [1.54, 1.807) is 11.3 Å². The quantitative estimate of drug-likeness (QED) is 0.867. The third kappa shape index (κ3) is 2.12. The number of nitrogens with zero attached hydrogens (tertiary/aromatic N) is 3. The average molecular weight is 372 g/mol. The molecule has 0 radical (unpaired) electrons. The first-order valence-corrected chi connectivity index (χ1v) is 10.1. The molecule has 1 aromatic heterocycles. The van der Waals surface area contributed by atoms with Crippen molar-refractivity contribution in [2.75, 3.05) is 37.8 Å². The lowest BCUT2D eigenvalue weighted by Crippen LogP contribution is -2.59. The van der Waals surface area contributed by atoms with Crippen LogP contribution in [0.1, 0.15) is 12.0 Å². The molecule has 7 nitrogen and oxygen atoms in total. The number of hydrogen-bond donors (Lipinski definition) is 1. The summed E-state index contributed by atoms with van der Waals surface area (Å²) in [6, 6.07) is 4.93. The fraction of sp³-hybridized carbons (Fsp3) is 0.556. The van der Waals surface area contributed by atoms with Gasteiger partial charge in [0, 0.05) is 25.1 Å². The van der Waals surface area contributed by atoms with Gasteiger partial charge >= 0.3 is 6.03 Å². The number of aromatic nitrogens is 1. The second-order valence-corrected chi connectivity index (χ2v) is 8.46. The maximum absolute atomic E-state index is 12.7. The first kappa shape index (κ1) is 15.2. The molecule has 2 aromatic rings. The summed E-state index contributed by atoms with van der Waals surface area (Å²) in [5, 5.41) is 3.97. The maximum Gasteiger partial charge on any atom is 0.324 e. The Morgan fingerprint density at radius 2 is 2.23 bits per heavy atom. The van der Waals surface area contributed by atoms with Crippen molar-refractivity contribution in [2.24, 2.45) is 0 Å². The summed E-state index contributed by atoms with van der Waals surface area (Å²) in [6.45, 7) is 4.25. The molecule has 26 heavy (non-hydrogen) atoms. The Kier molecular flexibility index (Phi) is 3.24. The van der Waals surface area contributed by atoms with Gasteiger partial charge in [0.15, 0.2) is 5.13 Å². The molecule has 6 rings (SSSR count). The van der Waals surface area contributed by atoms with E-state index in [4.69, 9.17) is 14.5 Å². The van der Waals surface area contributed by atoms with Crippen molar-refractivity contribution in [1.29, 1.82) is 0 Å². The molecular weight excluding hydrogens is 352 g/mol. The lowest BCUT2D eigenvalue weighted by molar-refractivity contribution is -0.0727. The number of fused-ring (bicyclic) bond motifs is 4. The minimum absolute atomic E-state index is 0.0151. The summed E-state index contributed by atoms with van der Waals surface area (Å²) in [5.41, 5.74) is 2.18. The molecular formula is C18H20N4O3S. The molecule has 8 heteroatoms. The molecule has 3 fully saturated rings. The summed E-state index contributed by atoms with van der Waals surface area (Å²) >= 11 is 1.60. The third-order valence-electron chi connectivity index (χ3n) is 6.04. The molecule has 0 bridgehead atoms. The summed E-state index contributed by atoms with van der Waals surface area (Å²) < 4.78 is 12.1. The predicted octanol–water partition coefficient (Wildman–Crippen LogP) is 1.60. The van der Waals surface area contributed by atoms with Crippen molar-refractivity contribution >= 4 is 32.7 Å². The van der Waals surface area contributed by atoms with Crippen LogP contribution in [0.25, 0.3) is 10.2 Å². The fourth-order valence-electron chi connectivity index (χ4n) is 4.52. The van der Waals surface area contributed by atoms with Crippen molar-refractivity contribution in [3.63, 3.8) is 0 Å². The molecule has 1 N–H and O–H groups in total. The molecule has 3 saturated heterocycles. The highest BCUT2D eigenvalue weighted by Crippen LogP contribution is 2.39. The van der Waals surface area contributed by atoms with Gasteiger partial charge < -0.3 is 14.8 Å². The van der Waals surface area contributed by atoms with Gasteiger partial charge in [0.2, 0.25) is 0 Å². The number of piperidine rings is 1. The number of hydrogen-bond acceptors (Lipinski definition) is 6. The lowest BCUT2D eigenvalue weighted by Gasteiger charge is -2.43. The van der Waals surface area contributed by atoms with Crippen LogP contribution in [0.2, 0.25) is 0 Å². The van der Waals surface area contributed by atoms with Gasteiger partial charge in [-0.1, -0.05) is 11.3 Å². The molecule has 2 unspecified atom stereocenters. The number of carbonyl (C=O) groups excluding carboxylic acids is 1. The highest BCUT2D eigenvalue weighted by molar-refractivity contribution is 7.22. The minimum Gasteiger partial charge on any atom is -0.493 e. The maximum atomic E-state index is 12.7. The summed E-state index contributed by atoms with van der Waals surface area (Å²) in [7, 11) is 0. The molecule has 2 amide bonds. The van der Waals surface area contributed by atoms with Gasteiger partial charge in [0.25, 0.3) is 0 Å². The van der Waals surface area contributed by atoms with Gasteiger partial charge in [-0.25, -0.2) is 9.78 Å². The van der Waals surface area contributed by atoms with Crippen molar-refractivity contribution in [1.82, 2.24) is 15.2 Å². The van der Waals surface area contributed by atoms with Gasteiger partial charge in [-0.15, -0.1) is 0 Å². The molecule has 0 saturated carbocycles. The van der Waals surface area contributed by atoms with Crippen molar-refractivity contribution in [3.8, 4) is 5.75 Å². The largest absolute Gasteiger partial charge is 0.493 e. The van der Waals surface area contributed by atoms with Crippen molar-refractivity contribution in [3.05, 3.63) is 17.7 Å². The predicted molar refractivity (Wildman–Crippen MR) is 98.2 cm³/mol. The van der Waals surface area contributed by atoms with Crippen LogP contribution in [0.4, 0.5) is 9.93 Å². The van der Waals surface area contributed by atoms with Crippen LogP contribution >= 0.6 is 11.3 Å². The Hall–Kier alpha value is -1.90. The first-order valence-electron chi connectivity index (χ1n) is 9.25. The van der Waals surface area contributed by atoms with E-state index in [0.29, 0.717) is 12.6 Å². The number of urea groups is 1. The van der Waals surface area contributed by atoms with Crippen LogP contribution in [0, 0.1) is 0 Å². The van der Waals surface area contributed by atoms with E-state index in [9.17, 15) is 4.79 Å². The molecule has 1 aromatic carbocycles. The molecule has 4 aliphatic heterocycles. The van der Waals surface area contributed by atoms with Gasteiger partial charge in [-0.3, -0.25) is 9.80 Å². The van der Waals surface area contributed by atoms with Crippen LogP contribution in [-0.2, 0) is 11.2 Å². The fourth-order valence-corrected chi connectivity index (χ4v) is 5.57. The second-order valence-electron chi connectivity index (χ2n) is 7.45. The van der Waals surface area contributed by atoms with Crippen LogP contribution in [0.3, 0.4) is 0 Å². The number of rotatable bonds is 2. The van der Waals surface area contributed by atoms with Gasteiger partial charge in [0.05, 0.1) is 48.2 Å². The van der Waals surface area contributed by atoms with Crippen molar-refractivity contribution in [2.45, 2.75) is 31.0 Å². The zero-order valence-electron chi connectivity index (χ0n) is 14.3. The second kappa shape index (κ2) is 5.55.